The molecule has 3 rings (SSSR count). The van der Waals surface area contributed by atoms with Crippen molar-refractivity contribution < 1.29 is 9.59 Å². The summed E-state index contributed by atoms with van der Waals surface area (Å²) in [5.74, 6) is 0.0783. The van der Waals surface area contributed by atoms with E-state index in [4.69, 9.17) is 0 Å². The highest BCUT2D eigenvalue weighted by atomic mass is 16.2. The lowest BCUT2D eigenvalue weighted by Crippen LogP contribution is -2.41. The lowest BCUT2D eigenvalue weighted by atomic mass is 9.95. The van der Waals surface area contributed by atoms with Crippen LogP contribution >= 0.6 is 0 Å². The average molecular weight is 380 g/mol. The summed E-state index contributed by atoms with van der Waals surface area (Å²) < 4.78 is 0. The molecule has 0 aliphatic carbocycles. The van der Waals surface area contributed by atoms with E-state index in [9.17, 15) is 9.59 Å². The molecule has 0 atom stereocenters. The van der Waals surface area contributed by atoms with Crippen LogP contribution in [0.2, 0.25) is 0 Å². The van der Waals surface area contributed by atoms with Gasteiger partial charge in [-0.15, -0.1) is 0 Å². The van der Waals surface area contributed by atoms with E-state index in [0.29, 0.717) is 6.54 Å². The Hall–Kier alpha value is -2.66. The van der Waals surface area contributed by atoms with Gasteiger partial charge in [0.05, 0.1) is 6.54 Å². The SMILES string of the molecule is CCc1ccccc1NC(=O)C1CCN(CC(=O)Nc2ccc(C)cc2)CC1. The summed E-state index contributed by atoms with van der Waals surface area (Å²) in [5.41, 5.74) is 4.05. The molecule has 5 nitrogen and oxygen atoms in total. The third kappa shape index (κ3) is 5.42. The molecule has 1 heterocycles. The van der Waals surface area contributed by atoms with Crippen molar-refractivity contribution in [1.29, 1.82) is 0 Å². The standard InChI is InChI=1S/C23H29N3O2/c1-3-18-6-4-5-7-21(18)25-23(28)19-12-14-26(15-13-19)16-22(27)24-20-10-8-17(2)9-11-20/h4-11,19H,3,12-16H2,1-2H3,(H,24,27)(H,25,28). The van der Waals surface area contributed by atoms with Crippen LogP contribution in [0, 0.1) is 12.8 Å². The minimum absolute atomic E-state index is 0.00122. The number of piperidine rings is 1. The summed E-state index contributed by atoms with van der Waals surface area (Å²) in [5, 5.41) is 6.02. The molecule has 0 saturated carbocycles. The fraction of sp³-hybridized carbons (Fsp3) is 0.391. The minimum Gasteiger partial charge on any atom is -0.326 e. The number of benzene rings is 2. The maximum absolute atomic E-state index is 12.6. The molecule has 1 saturated heterocycles. The van der Waals surface area contributed by atoms with Gasteiger partial charge in [0.25, 0.3) is 0 Å². The van der Waals surface area contributed by atoms with E-state index in [0.717, 1.165) is 49.3 Å². The van der Waals surface area contributed by atoms with Crippen molar-refractivity contribution in [2.24, 2.45) is 5.92 Å². The zero-order chi connectivity index (χ0) is 19.9. The van der Waals surface area contributed by atoms with Crippen molar-refractivity contribution in [2.45, 2.75) is 33.1 Å². The van der Waals surface area contributed by atoms with Crippen molar-refractivity contribution in [3.8, 4) is 0 Å². The molecule has 2 aromatic carbocycles. The van der Waals surface area contributed by atoms with Crippen molar-refractivity contribution in [2.75, 3.05) is 30.3 Å². The molecule has 2 amide bonds. The Morgan fingerprint density at radius 1 is 1.00 bits per heavy atom. The molecule has 0 unspecified atom stereocenters. The molecule has 2 aromatic rings. The quantitative estimate of drug-likeness (QED) is 0.801. The van der Waals surface area contributed by atoms with Gasteiger partial charge in [-0.1, -0.05) is 42.8 Å². The van der Waals surface area contributed by atoms with E-state index in [1.165, 1.54) is 5.56 Å². The summed E-state index contributed by atoms with van der Waals surface area (Å²) in [4.78, 5) is 27.0. The van der Waals surface area contributed by atoms with Gasteiger partial charge in [-0.25, -0.2) is 0 Å². The Morgan fingerprint density at radius 2 is 1.68 bits per heavy atom. The summed E-state index contributed by atoms with van der Waals surface area (Å²) in [7, 11) is 0. The van der Waals surface area contributed by atoms with Gasteiger partial charge < -0.3 is 10.6 Å². The van der Waals surface area contributed by atoms with E-state index < -0.39 is 0 Å². The third-order valence-corrected chi connectivity index (χ3v) is 5.32. The number of carbonyl (C=O) groups is 2. The van der Waals surface area contributed by atoms with Gasteiger partial charge in [-0.3, -0.25) is 14.5 Å². The van der Waals surface area contributed by atoms with Crippen molar-refractivity contribution >= 4 is 23.2 Å². The first kappa shape index (κ1) is 20.1. The normalized spacial score (nSPS) is 15.2. The number of rotatable bonds is 6. The Kier molecular flexibility index (Phi) is 6.82. The molecule has 1 aliphatic rings. The highest BCUT2D eigenvalue weighted by Crippen LogP contribution is 2.21. The molecule has 0 spiro atoms. The molecular weight excluding hydrogens is 350 g/mol. The van der Waals surface area contributed by atoms with Crippen molar-refractivity contribution in [3.05, 3.63) is 59.7 Å². The Morgan fingerprint density at radius 3 is 2.36 bits per heavy atom. The second kappa shape index (κ2) is 9.51. The molecule has 5 heteroatoms. The van der Waals surface area contributed by atoms with Crippen LogP contribution < -0.4 is 10.6 Å². The monoisotopic (exact) mass is 379 g/mol. The Bertz CT molecular complexity index is 809. The number of carbonyl (C=O) groups excluding carboxylic acids is 2. The van der Waals surface area contributed by atoms with E-state index in [1.807, 2.05) is 55.5 Å². The average Bonchev–Trinajstić information content (AvgIpc) is 2.70. The van der Waals surface area contributed by atoms with Crippen molar-refractivity contribution in [1.82, 2.24) is 4.90 Å². The molecule has 0 bridgehead atoms. The first-order valence-corrected chi connectivity index (χ1v) is 10.0. The van der Waals surface area contributed by atoms with Crippen LogP contribution in [-0.2, 0) is 16.0 Å². The molecule has 148 valence electrons. The van der Waals surface area contributed by atoms with Crippen LogP contribution in [0.3, 0.4) is 0 Å². The first-order chi connectivity index (χ1) is 13.5. The maximum atomic E-state index is 12.6. The summed E-state index contributed by atoms with van der Waals surface area (Å²) in [6, 6.07) is 15.7. The highest BCUT2D eigenvalue weighted by molar-refractivity contribution is 5.94. The van der Waals surface area contributed by atoms with Gasteiger partial charge in [-0.2, -0.15) is 0 Å². The fourth-order valence-corrected chi connectivity index (χ4v) is 3.58. The topological polar surface area (TPSA) is 61.4 Å². The van der Waals surface area contributed by atoms with E-state index in [1.54, 1.807) is 0 Å². The van der Waals surface area contributed by atoms with Crippen LogP contribution in [-0.4, -0.2) is 36.3 Å². The van der Waals surface area contributed by atoms with E-state index >= 15 is 0 Å². The maximum Gasteiger partial charge on any atom is 0.238 e. The number of nitrogens with zero attached hydrogens (tertiary/aromatic N) is 1. The van der Waals surface area contributed by atoms with Crippen LogP contribution in [0.25, 0.3) is 0 Å². The van der Waals surface area contributed by atoms with E-state index in [-0.39, 0.29) is 17.7 Å². The summed E-state index contributed by atoms with van der Waals surface area (Å²) in [6.07, 6.45) is 2.45. The number of aryl methyl sites for hydroxylation is 2. The Balaban J connectivity index is 1.45. The van der Waals surface area contributed by atoms with Crippen molar-refractivity contribution in [3.63, 3.8) is 0 Å². The number of para-hydroxylation sites is 1. The predicted octanol–water partition coefficient (Wildman–Crippen LogP) is 3.85. The van der Waals surface area contributed by atoms with Gasteiger partial charge in [0.2, 0.25) is 11.8 Å². The van der Waals surface area contributed by atoms with Gasteiger partial charge in [0.15, 0.2) is 0 Å². The smallest absolute Gasteiger partial charge is 0.238 e. The highest BCUT2D eigenvalue weighted by Gasteiger charge is 2.26. The van der Waals surface area contributed by atoms with Gasteiger partial charge in [0, 0.05) is 17.3 Å². The number of hydrogen-bond acceptors (Lipinski definition) is 3. The molecule has 1 fully saturated rings. The summed E-state index contributed by atoms with van der Waals surface area (Å²) >= 11 is 0. The molecule has 2 N–H and O–H groups in total. The number of likely N-dealkylation sites (tertiary alicyclic amines) is 1. The zero-order valence-electron chi connectivity index (χ0n) is 16.7. The molecule has 28 heavy (non-hydrogen) atoms. The molecular formula is C23H29N3O2. The zero-order valence-corrected chi connectivity index (χ0v) is 16.7. The van der Waals surface area contributed by atoms with Crippen LogP contribution in [0.4, 0.5) is 11.4 Å². The predicted molar refractivity (Wildman–Crippen MR) is 113 cm³/mol. The Labute approximate surface area is 167 Å². The molecule has 0 radical (unpaired) electrons. The second-order valence-corrected chi connectivity index (χ2v) is 7.46. The van der Waals surface area contributed by atoms with Gasteiger partial charge in [-0.05, 0) is 63.0 Å². The minimum atomic E-state index is -0.0105. The third-order valence-electron chi connectivity index (χ3n) is 5.32. The van der Waals surface area contributed by atoms with Crippen LogP contribution in [0.1, 0.15) is 30.9 Å². The van der Waals surface area contributed by atoms with Crippen LogP contribution in [0.15, 0.2) is 48.5 Å². The molecule has 1 aliphatic heterocycles. The van der Waals surface area contributed by atoms with Crippen LogP contribution in [0.5, 0.6) is 0 Å². The van der Waals surface area contributed by atoms with Gasteiger partial charge in [0.1, 0.15) is 0 Å². The lowest BCUT2D eigenvalue weighted by molar-refractivity contribution is -0.121. The second-order valence-electron chi connectivity index (χ2n) is 7.46. The molecule has 0 aromatic heterocycles. The largest absolute Gasteiger partial charge is 0.326 e. The number of amides is 2. The summed E-state index contributed by atoms with van der Waals surface area (Å²) in [6.45, 7) is 5.99. The number of hydrogen-bond donors (Lipinski definition) is 2. The first-order valence-electron chi connectivity index (χ1n) is 10.0. The number of nitrogens with one attached hydrogen (secondary N) is 2. The van der Waals surface area contributed by atoms with Gasteiger partial charge >= 0.3 is 0 Å². The fourth-order valence-electron chi connectivity index (χ4n) is 3.58. The van der Waals surface area contributed by atoms with E-state index in [2.05, 4.69) is 22.5 Å². The number of anilines is 2. The lowest BCUT2D eigenvalue weighted by Gasteiger charge is -2.30.